The van der Waals surface area contributed by atoms with Crippen molar-refractivity contribution in [3.05, 3.63) is 17.9 Å². The van der Waals surface area contributed by atoms with Crippen LogP contribution in [0.4, 0.5) is 5.88 Å². The number of aliphatic hydroxyl groups is 1. The summed E-state index contributed by atoms with van der Waals surface area (Å²) in [4.78, 5) is 10.6. The lowest BCUT2D eigenvalue weighted by Crippen LogP contribution is -2.38. The number of hydrogen-bond donors (Lipinski definition) is 1. The molecule has 0 saturated carbocycles. The Morgan fingerprint density at radius 1 is 1.37 bits per heavy atom. The lowest BCUT2D eigenvalue weighted by molar-refractivity contribution is 0.0634. The van der Waals surface area contributed by atoms with Gasteiger partial charge in [-0.3, -0.25) is 9.89 Å². The third-order valence-corrected chi connectivity index (χ3v) is 5.07. The summed E-state index contributed by atoms with van der Waals surface area (Å²) in [5.41, 5.74) is 0. The number of anilines is 1. The van der Waals surface area contributed by atoms with Crippen LogP contribution in [0, 0.1) is 28.6 Å². The number of likely N-dealkylation sites (tertiary alicyclic amines) is 1. The molecule has 0 bridgehead atoms. The van der Waals surface area contributed by atoms with Crippen molar-refractivity contribution in [2.45, 2.75) is 25.5 Å². The Bertz CT molecular complexity index is 732. The molecule has 8 heteroatoms. The monoisotopic (exact) mass is 370 g/mol. The van der Waals surface area contributed by atoms with Gasteiger partial charge in [-0.25, -0.2) is 0 Å². The van der Waals surface area contributed by atoms with Crippen molar-refractivity contribution in [1.82, 2.24) is 9.80 Å². The number of likely N-dealkylation sites (N-methyl/N-ethyl adjacent to an activating group) is 1. The summed E-state index contributed by atoms with van der Waals surface area (Å²) in [7, 11) is 1.96. The van der Waals surface area contributed by atoms with E-state index in [4.69, 9.17) is 14.9 Å². The van der Waals surface area contributed by atoms with Crippen LogP contribution >= 0.6 is 0 Å². The van der Waals surface area contributed by atoms with E-state index in [0.717, 1.165) is 37.6 Å². The van der Waals surface area contributed by atoms with E-state index in [9.17, 15) is 5.11 Å². The van der Waals surface area contributed by atoms with Gasteiger partial charge in [0.05, 0.1) is 31.3 Å². The lowest BCUT2D eigenvalue weighted by atomic mass is 10.1. The quantitative estimate of drug-likeness (QED) is 0.765. The van der Waals surface area contributed by atoms with Crippen LogP contribution in [-0.2, 0) is 6.54 Å². The van der Waals surface area contributed by atoms with Crippen molar-refractivity contribution in [2.24, 2.45) is 10.9 Å². The van der Waals surface area contributed by atoms with Gasteiger partial charge in [0.2, 0.25) is 0 Å². The number of rotatable bonds is 7. The number of amidine groups is 1. The molecule has 0 aromatic carbocycles. The van der Waals surface area contributed by atoms with Crippen LogP contribution in [-0.4, -0.2) is 73.2 Å². The fraction of sp³-hybridized carbons (Fsp3) is 0.632. The number of piperidine rings is 1. The van der Waals surface area contributed by atoms with Crippen molar-refractivity contribution in [3.8, 4) is 12.1 Å². The zero-order chi connectivity index (χ0) is 19.2. The molecule has 0 radical (unpaired) electrons. The van der Waals surface area contributed by atoms with Gasteiger partial charge in [0, 0.05) is 39.3 Å². The Kier molecular flexibility index (Phi) is 6.33. The molecule has 1 fully saturated rings. The van der Waals surface area contributed by atoms with Gasteiger partial charge in [0.25, 0.3) is 0 Å². The second kappa shape index (κ2) is 8.90. The molecule has 1 aromatic rings. The van der Waals surface area contributed by atoms with Crippen molar-refractivity contribution >= 4 is 11.7 Å². The van der Waals surface area contributed by atoms with E-state index in [1.165, 1.54) is 0 Å². The van der Waals surface area contributed by atoms with Crippen molar-refractivity contribution in [3.63, 3.8) is 0 Å². The lowest BCUT2D eigenvalue weighted by Gasteiger charge is -2.29. The number of aliphatic hydroxyl groups excluding tert-OH is 1. The van der Waals surface area contributed by atoms with Crippen LogP contribution in [0.1, 0.15) is 18.6 Å². The molecular weight excluding hydrogens is 344 g/mol. The SMILES string of the molecule is CN(CCN1CCN=C1C(C#N)C#N)c1ccc(CN2CCCC(O)C2)o1. The maximum Gasteiger partial charge on any atom is 0.195 e. The van der Waals surface area contributed by atoms with E-state index in [1.807, 2.05) is 41.1 Å². The van der Waals surface area contributed by atoms with Crippen LogP contribution in [0.25, 0.3) is 0 Å². The second-order valence-electron chi connectivity index (χ2n) is 7.11. The van der Waals surface area contributed by atoms with Gasteiger partial charge in [-0.15, -0.1) is 0 Å². The first-order valence-corrected chi connectivity index (χ1v) is 9.39. The maximum absolute atomic E-state index is 9.79. The highest BCUT2D eigenvalue weighted by Crippen LogP contribution is 2.21. The van der Waals surface area contributed by atoms with Gasteiger partial charge in [-0.1, -0.05) is 0 Å². The molecule has 3 heterocycles. The predicted octanol–water partition coefficient (Wildman–Crippen LogP) is 1.05. The van der Waals surface area contributed by atoms with E-state index < -0.39 is 5.92 Å². The molecule has 2 aliphatic heterocycles. The van der Waals surface area contributed by atoms with Gasteiger partial charge >= 0.3 is 0 Å². The van der Waals surface area contributed by atoms with Gasteiger partial charge in [-0.2, -0.15) is 10.5 Å². The summed E-state index contributed by atoms with van der Waals surface area (Å²) < 4.78 is 5.96. The number of nitriles is 2. The van der Waals surface area contributed by atoms with Crippen LogP contribution < -0.4 is 4.90 Å². The zero-order valence-electron chi connectivity index (χ0n) is 15.7. The zero-order valence-corrected chi connectivity index (χ0v) is 15.7. The van der Waals surface area contributed by atoms with E-state index in [0.29, 0.717) is 38.6 Å². The summed E-state index contributed by atoms with van der Waals surface area (Å²) >= 11 is 0. The number of nitrogens with zero attached hydrogens (tertiary/aromatic N) is 6. The third-order valence-electron chi connectivity index (χ3n) is 5.07. The highest BCUT2D eigenvalue weighted by atomic mass is 16.4. The van der Waals surface area contributed by atoms with Crippen molar-refractivity contribution < 1.29 is 9.52 Å². The summed E-state index contributed by atoms with van der Waals surface area (Å²) in [5.74, 6) is 1.46. The van der Waals surface area contributed by atoms with E-state index in [-0.39, 0.29) is 6.10 Å². The molecule has 8 nitrogen and oxygen atoms in total. The highest BCUT2D eigenvalue weighted by Gasteiger charge is 2.25. The van der Waals surface area contributed by atoms with Crippen LogP contribution in [0.3, 0.4) is 0 Å². The number of aliphatic imine (C=N–C) groups is 1. The Labute approximate surface area is 159 Å². The molecule has 27 heavy (non-hydrogen) atoms. The molecule has 1 N–H and O–H groups in total. The summed E-state index contributed by atoms with van der Waals surface area (Å²) in [6, 6.07) is 7.94. The molecule has 2 aliphatic rings. The molecule has 1 atom stereocenters. The Morgan fingerprint density at radius 3 is 2.93 bits per heavy atom. The van der Waals surface area contributed by atoms with E-state index in [1.54, 1.807) is 0 Å². The average Bonchev–Trinajstić information content (AvgIpc) is 3.31. The van der Waals surface area contributed by atoms with Crippen molar-refractivity contribution in [2.75, 3.05) is 51.2 Å². The van der Waals surface area contributed by atoms with Crippen LogP contribution in [0.5, 0.6) is 0 Å². The predicted molar refractivity (Wildman–Crippen MR) is 101 cm³/mol. The summed E-state index contributed by atoms with van der Waals surface area (Å²) in [6.45, 7) is 5.15. The molecule has 0 spiro atoms. The molecule has 1 aromatic heterocycles. The molecular formula is C19H26N6O2. The van der Waals surface area contributed by atoms with E-state index >= 15 is 0 Å². The number of β-amino-alcohol motifs (C(OH)–C–C–N with tert-alkyl or cyclic N) is 1. The van der Waals surface area contributed by atoms with Crippen LogP contribution in [0.2, 0.25) is 0 Å². The van der Waals surface area contributed by atoms with Crippen molar-refractivity contribution in [1.29, 1.82) is 10.5 Å². The summed E-state index contributed by atoms with van der Waals surface area (Å²) in [5, 5.41) is 28.0. The third kappa shape index (κ3) is 4.79. The fourth-order valence-corrected chi connectivity index (χ4v) is 3.58. The number of hydrogen-bond acceptors (Lipinski definition) is 8. The largest absolute Gasteiger partial charge is 0.444 e. The van der Waals surface area contributed by atoms with Crippen LogP contribution in [0.15, 0.2) is 21.5 Å². The van der Waals surface area contributed by atoms with Gasteiger partial charge in [0.1, 0.15) is 11.6 Å². The first kappa shape index (κ1) is 19.2. The molecule has 0 aliphatic carbocycles. The Balaban J connectivity index is 1.51. The standard InChI is InChI=1S/C19H26N6O2/c1-23(9-10-25-8-6-22-19(25)15(11-20)12-21)18-5-4-17(27-18)14-24-7-2-3-16(26)13-24/h4-5,15-16,26H,2-3,6-10,13-14H2,1H3. The molecule has 0 amide bonds. The Morgan fingerprint density at radius 2 is 2.19 bits per heavy atom. The minimum Gasteiger partial charge on any atom is -0.444 e. The molecule has 1 saturated heterocycles. The normalized spacial score (nSPS) is 20.4. The van der Waals surface area contributed by atoms with E-state index in [2.05, 4.69) is 9.89 Å². The van der Waals surface area contributed by atoms with Gasteiger partial charge < -0.3 is 19.3 Å². The topological polar surface area (TPSA) is 103 Å². The minimum atomic E-state index is -0.798. The smallest absolute Gasteiger partial charge is 0.195 e. The molecule has 3 rings (SSSR count). The van der Waals surface area contributed by atoms with Gasteiger partial charge in [0.15, 0.2) is 11.8 Å². The molecule has 1 unspecified atom stereocenters. The second-order valence-corrected chi connectivity index (χ2v) is 7.11. The average molecular weight is 370 g/mol. The fourth-order valence-electron chi connectivity index (χ4n) is 3.58. The molecule has 144 valence electrons. The maximum atomic E-state index is 9.79. The first-order chi connectivity index (χ1) is 13.1. The number of furan rings is 1. The van der Waals surface area contributed by atoms with Gasteiger partial charge in [-0.05, 0) is 25.5 Å². The summed E-state index contributed by atoms with van der Waals surface area (Å²) in [6.07, 6.45) is 1.65. The Hall–Kier alpha value is -2.55. The first-order valence-electron chi connectivity index (χ1n) is 9.39. The minimum absolute atomic E-state index is 0.238. The highest BCUT2D eigenvalue weighted by molar-refractivity contribution is 5.90.